The van der Waals surface area contributed by atoms with Gasteiger partial charge in [0.15, 0.2) is 11.5 Å². The number of hydrogen-bond acceptors (Lipinski definition) is 3. The molecule has 0 spiro atoms. The Balaban J connectivity index is 3.20. The van der Waals surface area contributed by atoms with Crippen LogP contribution in [0.15, 0.2) is 6.20 Å². The Kier molecular flexibility index (Phi) is 4.33. The summed E-state index contributed by atoms with van der Waals surface area (Å²) in [6.45, 7) is 0. The fourth-order valence-corrected chi connectivity index (χ4v) is 1.76. The van der Waals surface area contributed by atoms with Gasteiger partial charge in [0.25, 0.3) is 6.43 Å². The molecule has 0 aliphatic rings. The van der Waals surface area contributed by atoms with Gasteiger partial charge in [-0.15, -0.1) is 13.2 Å². The van der Waals surface area contributed by atoms with E-state index >= 15 is 0 Å². The Bertz CT molecular complexity index is 410. The van der Waals surface area contributed by atoms with Gasteiger partial charge in [-0.3, -0.25) is 0 Å². The summed E-state index contributed by atoms with van der Waals surface area (Å²) in [7, 11) is 1.06. The third kappa shape index (κ3) is 3.54. The summed E-state index contributed by atoms with van der Waals surface area (Å²) in [4.78, 5) is 3.19. The molecule has 1 aromatic heterocycles. The maximum Gasteiger partial charge on any atom is 0.573 e. The highest BCUT2D eigenvalue weighted by Crippen LogP contribution is 2.38. The minimum atomic E-state index is -4.92. The molecule has 0 aromatic carbocycles. The van der Waals surface area contributed by atoms with Gasteiger partial charge in [0.05, 0.1) is 13.3 Å². The van der Waals surface area contributed by atoms with Crippen LogP contribution in [0.3, 0.4) is 0 Å². The highest BCUT2D eigenvalue weighted by atomic mass is 127. The number of aromatic nitrogens is 1. The van der Waals surface area contributed by atoms with Gasteiger partial charge in [-0.05, 0) is 22.6 Å². The summed E-state index contributed by atoms with van der Waals surface area (Å²) in [5.74, 6) is -1.11. The molecule has 0 radical (unpaired) electrons. The summed E-state index contributed by atoms with van der Waals surface area (Å²) in [5.41, 5.74) is -0.730. The fourth-order valence-electron chi connectivity index (χ4n) is 1.01. The first-order valence-electron chi connectivity index (χ1n) is 4.02. The minimum Gasteiger partial charge on any atom is -0.493 e. The average molecular weight is 369 g/mol. The van der Waals surface area contributed by atoms with Gasteiger partial charge in [0.1, 0.15) is 9.26 Å². The quantitative estimate of drug-likeness (QED) is 0.604. The van der Waals surface area contributed by atoms with E-state index in [-0.39, 0.29) is 3.57 Å². The van der Waals surface area contributed by atoms with Crippen molar-refractivity contribution in [3.05, 3.63) is 15.5 Å². The van der Waals surface area contributed by atoms with Gasteiger partial charge < -0.3 is 9.47 Å². The molecule has 0 bridgehead atoms. The van der Waals surface area contributed by atoms with E-state index in [9.17, 15) is 22.0 Å². The van der Waals surface area contributed by atoms with Crippen molar-refractivity contribution in [1.29, 1.82) is 0 Å². The molecule has 0 saturated carbocycles. The number of ether oxygens (including phenoxy) is 2. The Morgan fingerprint density at radius 2 is 1.94 bits per heavy atom. The van der Waals surface area contributed by atoms with E-state index in [1.54, 1.807) is 0 Å². The molecule has 1 heterocycles. The van der Waals surface area contributed by atoms with E-state index in [1.165, 1.54) is 22.6 Å². The van der Waals surface area contributed by atoms with Crippen LogP contribution in [0.5, 0.6) is 11.5 Å². The molecule has 0 saturated heterocycles. The topological polar surface area (TPSA) is 31.4 Å². The molecule has 0 unspecified atom stereocenters. The van der Waals surface area contributed by atoms with Crippen LogP contribution in [0.4, 0.5) is 22.0 Å². The zero-order valence-corrected chi connectivity index (χ0v) is 10.3. The summed E-state index contributed by atoms with van der Waals surface area (Å²) in [6, 6.07) is 0. The Labute approximate surface area is 106 Å². The fraction of sp³-hybridized carbons (Fsp3) is 0.375. The van der Waals surface area contributed by atoms with Crippen LogP contribution in [0.25, 0.3) is 0 Å². The van der Waals surface area contributed by atoms with Crippen molar-refractivity contribution in [2.45, 2.75) is 12.8 Å². The lowest BCUT2D eigenvalue weighted by atomic mass is 10.3. The standard InChI is InChI=1S/C8H5F5INO2/c1-16-6-4(14)3(17-8(11,12)13)2-15-5(6)7(9)10/h2,7H,1H3. The van der Waals surface area contributed by atoms with Crippen LogP contribution in [-0.4, -0.2) is 18.5 Å². The van der Waals surface area contributed by atoms with Gasteiger partial charge >= 0.3 is 6.36 Å². The Morgan fingerprint density at radius 3 is 2.35 bits per heavy atom. The number of pyridine rings is 1. The zero-order chi connectivity index (χ0) is 13.2. The first-order chi connectivity index (χ1) is 7.76. The van der Waals surface area contributed by atoms with Crippen LogP contribution < -0.4 is 9.47 Å². The summed E-state index contributed by atoms with van der Waals surface area (Å²) >= 11 is 1.42. The minimum absolute atomic E-state index is 0.215. The number of methoxy groups -OCH3 is 1. The molecular weight excluding hydrogens is 364 g/mol. The first kappa shape index (κ1) is 14.2. The van der Waals surface area contributed by atoms with Crippen LogP contribution in [0, 0.1) is 3.57 Å². The maximum atomic E-state index is 12.5. The molecule has 1 rings (SSSR count). The van der Waals surface area contributed by atoms with Gasteiger partial charge in [-0.2, -0.15) is 0 Å². The predicted octanol–water partition coefficient (Wildman–Crippen LogP) is 3.53. The predicted molar refractivity (Wildman–Crippen MR) is 55.1 cm³/mol. The second-order valence-electron chi connectivity index (χ2n) is 2.70. The average Bonchev–Trinajstić information content (AvgIpc) is 2.18. The largest absolute Gasteiger partial charge is 0.573 e. The van der Waals surface area contributed by atoms with Crippen molar-refractivity contribution in [3.8, 4) is 11.5 Å². The monoisotopic (exact) mass is 369 g/mol. The van der Waals surface area contributed by atoms with Gasteiger partial charge in [0, 0.05) is 0 Å². The van der Waals surface area contributed by atoms with Crippen LogP contribution >= 0.6 is 22.6 Å². The van der Waals surface area contributed by atoms with E-state index in [2.05, 4.69) is 14.5 Å². The molecule has 0 N–H and O–H groups in total. The normalized spacial score (nSPS) is 11.8. The molecule has 0 aliphatic carbocycles. The Hall–Kier alpha value is -0.870. The third-order valence-electron chi connectivity index (χ3n) is 1.61. The summed E-state index contributed by atoms with van der Waals surface area (Å²) < 4.78 is 68.8. The van der Waals surface area contributed by atoms with Crippen molar-refractivity contribution in [3.63, 3.8) is 0 Å². The molecule has 3 nitrogen and oxygen atoms in total. The highest BCUT2D eigenvalue weighted by molar-refractivity contribution is 14.1. The van der Waals surface area contributed by atoms with E-state index in [0.29, 0.717) is 6.20 Å². The van der Waals surface area contributed by atoms with Crippen molar-refractivity contribution < 1.29 is 31.4 Å². The smallest absolute Gasteiger partial charge is 0.493 e. The van der Waals surface area contributed by atoms with Crippen LogP contribution in [0.2, 0.25) is 0 Å². The maximum absolute atomic E-state index is 12.5. The second-order valence-corrected chi connectivity index (χ2v) is 3.78. The number of nitrogens with zero attached hydrogens (tertiary/aromatic N) is 1. The molecule has 96 valence electrons. The van der Waals surface area contributed by atoms with Crippen molar-refractivity contribution in [2.75, 3.05) is 7.11 Å². The van der Waals surface area contributed by atoms with Gasteiger partial charge in [-0.1, -0.05) is 0 Å². The lowest BCUT2D eigenvalue weighted by Crippen LogP contribution is -2.18. The number of hydrogen-bond donors (Lipinski definition) is 0. The molecule has 9 heteroatoms. The SMILES string of the molecule is COc1c(C(F)F)ncc(OC(F)(F)F)c1I. The molecule has 0 atom stereocenters. The molecule has 0 amide bonds. The van der Waals surface area contributed by atoms with Crippen molar-refractivity contribution >= 4 is 22.6 Å². The van der Waals surface area contributed by atoms with Crippen LogP contribution in [0.1, 0.15) is 12.1 Å². The first-order valence-corrected chi connectivity index (χ1v) is 5.10. The second kappa shape index (κ2) is 5.19. The molecular formula is C8H5F5INO2. The van der Waals surface area contributed by atoms with E-state index < -0.39 is 30.0 Å². The lowest BCUT2D eigenvalue weighted by molar-refractivity contribution is -0.275. The number of rotatable bonds is 3. The summed E-state index contributed by atoms with van der Waals surface area (Å²) in [5, 5.41) is 0. The van der Waals surface area contributed by atoms with E-state index in [0.717, 1.165) is 7.11 Å². The van der Waals surface area contributed by atoms with E-state index in [1.807, 2.05) is 0 Å². The third-order valence-corrected chi connectivity index (χ3v) is 2.63. The van der Waals surface area contributed by atoms with Gasteiger partial charge in [0.2, 0.25) is 0 Å². The molecule has 1 aromatic rings. The van der Waals surface area contributed by atoms with E-state index in [4.69, 9.17) is 0 Å². The lowest BCUT2D eigenvalue weighted by Gasteiger charge is -2.14. The molecule has 0 fully saturated rings. The van der Waals surface area contributed by atoms with Crippen molar-refractivity contribution in [2.24, 2.45) is 0 Å². The number of halogens is 6. The van der Waals surface area contributed by atoms with Crippen molar-refractivity contribution in [1.82, 2.24) is 4.98 Å². The summed E-state index contributed by atoms with van der Waals surface area (Å²) in [6.07, 6.45) is -7.28. The molecule has 0 aliphatic heterocycles. The Morgan fingerprint density at radius 1 is 1.35 bits per heavy atom. The molecule has 17 heavy (non-hydrogen) atoms. The highest BCUT2D eigenvalue weighted by Gasteiger charge is 2.33. The van der Waals surface area contributed by atoms with Crippen LogP contribution in [-0.2, 0) is 0 Å². The van der Waals surface area contributed by atoms with Gasteiger partial charge in [-0.25, -0.2) is 13.8 Å². The zero-order valence-electron chi connectivity index (χ0n) is 8.19. The number of alkyl halides is 5.